The second-order valence-corrected chi connectivity index (χ2v) is 6.32. The first-order chi connectivity index (χ1) is 11.4. The van der Waals surface area contributed by atoms with Crippen LogP contribution in [0.15, 0.2) is 48.5 Å². The van der Waals surface area contributed by atoms with Crippen molar-refractivity contribution < 1.29 is 14.3 Å². The van der Waals surface area contributed by atoms with E-state index < -0.39 is 11.7 Å². The van der Waals surface area contributed by atoms with E-state index in [1.807, 2.05) is 81.5 Å². The standard InChI is InChI=1S/C20H23NO3/c1-20(2,3)24-19(22)21-18-8-6-5-7-16(18)12-9-15-10-13-17(23-4)14-11-15/h5-14H,1-4H3,(H,21,22)/b12-9+. The molecular formula is C20H23NO3. The minimum absolute atomic E-state index is 0.465. The van der Waals surface area contributed by atoms with Crippen LogP contribution in [-0.2, 0) is 4.74 Å². The third kappa shape index (κ3) is 5.47. The Morgan fingerprint density at radius 1 is 1.00 bits per heavy atom. The fourth-order valence-electron chi connectivity index (χ4n) is 2.07. The maximum atomic E-state index is 12.0. The van der Waals surface area contributed by atoms with E-state index in [0.717, 1.165) is 16.9 Å². The molecule has 0 aliphatic heterocycles. The molecule has 0 aliphatic carbocycles. The highest BCUT2D eigenvalue weighted by Crippen LogP contribution is 2.20. The summed E-state index contributed by atoms with van der Waals surface area (Å²) in [4.78, 5) is 12.0. The van der Waals surface area contributed by atoms with Crippen molar-refractivity contribution in [2.45, 2.75) is 26.4 Å². The van der Waals surface area contributed by atoms with Crippen LogP contribution in [-0.4, -0.2) is 18.8 Å². The van der Waals surface area contributed by atoms with E-state index in [0.29, 0.717) is 5.69 Å². The van der Waals surface area contributed by atoms with Gasteiger partial charge in [-0.25, -0.2) is 4.79 Å². The second-order valence-electron chi connectivity index (χ2n) is 6.32. The van der Waals surface area contributed by atoms with Gasteiger partial charge in [0.1, 0.15) is 11.4 Å². The van der Waals surface area contributed by atoms with Gasteiger partial charge in [-0.15, -0.1) is 0 Å². The van der Waals surface area contributed by atoms with Crippen LogP contribution in [0.1, 0.15) is 31.9 Å². The molecule has 0 radical (unpaired) electrons. The Balaban J connectivity index is 2.13. The predicted molar refractivity (Wildman–Crippen MR) is 98.2 cm³/mol. The summed E-state index contributed by atoms with van der Waals surface area (Å²) >= 11 is 0. The van der Waals surface area contributed by atoms with E-state index in [4.69, 9.17) is 9.47 Å². The van der Waals surface area contributed by atoms with Gasteiger partial charge < -0.3 is 9.47 Å². The van der Waals surface area contributed by atoms with Crippen LogP contribution in [0.3, 0.4) is 0 Å². The van der Waals surface area contributed by atoms with Gasteiger partial charge in [0.25, 0.3) is 0 Å². The van der Waals surface area contributed by atoms with Crippen molar-refractivity contribution in [3.8, 4) is 5.75 Å². The summed E-state index contributed by atoms with van der Waals surface area (Å²) in [6.07, 6.45) is 3.47. The van der Waals surface area contributed by atoms with Crippen LogP contribution in [0, 0.1) is 0 Å². The van der Waals surface area contributed by atoms with Crippen molar-refractivity contribution in [3.63, 3.8) is 0 Å². The zero-order valence-electron chi connectivity index (χ0n) is 14.5. The number of benzene rings is 2. The number of ether oxygens (including phenoxy) is 2. The quantitative estimate of drug-likeness (QED) is 0.785. The number of methoxy groups -OCH3 is 1. The molecule has 0 aromatic heterocycles. The van der Waals surface area contributed by atoms with E-state index >= 15 is 0 Å². The SMILES string of the molecule is COc1ccc(/C=C/c2ccccc2NC(=O)OC(C)(C)C)cc1. The van der Waals surface area contributed by atoms with E-state index in [1.54, 1.807) is 7.11 Å². The Morgan fingerprint density at radius 3 is 2.29 bits per heavy atom. The number of nitrogens with one attached hydrogen (secondary N) is 1. The second kappa shape index (κ2) is 7.68. The van der Waals surface area contributed by atoms with Gasteiger partial charge in [0.15, 0.2) is 0 Å². The molecule has 1 N–H and O–H groups in total. The molecule has 4 nitrogen and oxygen atoms in total. The van der Waals surface area contributed by atoms with Crippen molar-refractivity contribution in [2.24, 2.45) is 0 Å². The first kappa shape index (κ1) is 17.6. The van der Waals surface area contributed by atoms with Crippen molar-refractivity contribution in [3.05, 3.63) is 59.7 Å². The number of amides is 1. The van der Waals surface area contributed by atoms with Crippen molar-refractivity contribution >= 4 is 23.9 Å². The maximum Gasteiger partial charge on any atom is 0.412 e. The van der Waals surface area contributed by atoms with Gasteiger partial charge in [0.05, 0.1) is 12.8 Å². The highest BCUT2D eigenvalue weighted by molar-refractivity contribution is 5.89. The number of hydrogen-bond donors (Lipinski definition) is 1. The molecule has 0 aliphatic rings. The van der Waals surface area contributed by atoms with Gasteiger partial charge in [0, 0.05) is 0 Å². The van der Waals surface area contributed by atoms with Crippen molar-refractivity contribution in [1.29, 1.82) is 0 Å². The van der Waals surface area contributed by atoms with Gasteiger partial charge in [-0.1, -0.05) is 42.5 Å². The lowest BCUT2D eigenvalue weighted by molar-refractivity contribution is 0.0636. The van der Waals surface area contributed by atoms with E-state index in [-0.39, 0.29) is 0 Å². The Bertz CT molecular complexity index is 712. The molecule has 0 spiro atoms. The highest BCUT2D eigenvalue weighted by Gasteiger charge is 2.16. The van der Waals surface area contributed by atoms with E-state index in [9.17, 15) is 4.79 Å². The molecule has 0 fully saturated rings. The summed E-state index contributed by atoms with van der Waals surface area (Å²) in [5.41, 5.74) is 2.12. The Kier molecular flexibility index (Phi) is 5.64. The van der Waals surface area contributed by atoms with E-state index in [1.165, 1.54) is 0 Å². The van der Waals surface area contributed by atoms with Crippen molar-refractivity contribution in [1.82, 2.24) is 0 Å². The van der Waals surface area contributed by atoms with Crippen LogP contribution in [0.25, 0.3) is 12.2 Å². The number of anilines is 1. The topological polar surface area (TPSA) is 47.6 Å². The molecule has 2 aromatic carbocycles. The summed E-state index contributed by atoms with van der Waals surface area (Å²) in [5, 5.41) is 2.79. The molecule has 0 atom stereocenters. The molecule has 1 amide bonds. The number of rotatable bonds is 4. The Hall–Kier alpha value is -2.75. The third-order valence-corrected chi connectivity index (χ3v) is 3.17. The first-order valence-corrected chi connectivity index (χ1v) is 7.78. The molecule has 0 unspecified atom stereocenters. The normalized spacial score (nSPS) is 11.3. The average molecular weight is 325 g/mol. The molecule has 126 valence electrons. The molecule has 0 heterocycles. The molecular weight excluding hydrogens is 302 g/mol. The lowest BCUT2D eigenvalue weighted by atomic mass is 10.1. The Labute approximate surface area is 143 Å². The molecule has 0 saturated heterocycles. The molecule has 4 heteroatoms. The Morgan fingerprint density at radius 2 is 1.67 bits per heavy atom. The zero-order valence-corrected chi connectivity index (χ0v) is 14.5. The number of para-hydroxylation sites is 1. The van der Waals surface area contributed by atoms with Crippen molar-refractivity contribution in [2.75, 3.05) is 12.4 Å². The van der Waals surface area contributed by atoms with Crippen LogP contribution < -0.4 is 10.1 Å². The van der Waals surface area contributed by atoms with Gasteiger partial charge >= 0.3 is 6.09 Å². The van der Waals surface area contributed by atoms with Crippen LogP contribution in [0.4, 0.5) is 10.5 Å². The first-order valence-electron chi connectivity index (χ1n) is 7.78. The third-order valence-electron chi connectivity index (χ3n) is 3.17. The molecule has 0 bridgehead atoms. The fraction of sp³-hybridized carbons (Fsp3) is 0.250. The fourth-order valence-corrected chi connectivity index (χ4v) is 2.07. The number of hydrogen-bond acceptors (Lipinski definition) is 3. The summed E-state index contributed by atoms with van der Waals surface area (Å²) in [7, 11) is 1.64. The number of carbonyl (C=O) groups excluding carboxylic acids is 1. The van der Waals surface area contributed by atoms with Crippen LogP contribution in [0.2, 0.25) is 0 Å². The summed E-state index contributed by atoms with van der Waals surface area (Å²) in [5.74, 6) is 0.819. The molecule has 2 aromatic rings. The average Bonchev–Trinajstić information content (AvgIpc) is 2.53. The van der Waals surface area contributed by atoms with E-state index in [2.05, 4.69) is 5.32 Å². The summed E-state index contributed by atoms with van der Waals surface area (Å²) < 4.78 is 10.4. The number of carbonyl (C=O) groups is 1. The van der Waals surface area contributed by atoms with Gasteiger partial charge in [0.2, 0.25) is 0 Å². The molecule has 24 heavy (non-hydrogen) atoms. The predicted octanol–water partition coefficient (Wildman–Crippen LogP) is 5.21. The van der Waals surface area contributed by atoms with Gasteiger partial charge in [-0.05, 0) is 50.1 Å². The minimum Gasteiger partial charge on any atom is -0.497 e. The maximum absolute atomic E-state index is 12.0. The molecule has 0 saturated carbocycles. The van der Waals surface area contributed by atoms with Crippen LogP contribution in [0.5, 0.6) is 5.75 Å². The summed E-state index contributed by atoms with van der Waals surface area (Å²) in [6, 6.07) is 15.3. The minimum atomic E-state index is -0.530. The van der Waals surface area contributed by atoms with Crippen LogP contribution >= 0.6 is 0 Å². The largest absolute Gasteiger partial charge is 0.497 e. The molecule has 2 rings (SSSR count). The van der Waals surface area contributed by atoms with Gasteiger partial charge in [-0.3, -0.25) is 5.32 Å². The smallest absolute Gasteiger partial charge is 0.412 e. The summed E-state index contributed by atoms with van der Waals surface area (Å²) in [6.45, 7) is 5.51. The zero-order chi connectivity index (χ0) is 17.6. The van der Waals surface area contributed by atoms with Gasteiger partial charge in [-0.2, -0.15) is 0 Å². The lowest BCUT2D eigenvalue weighted by Crippen LogP contribution is -2.27. The monoisotopic (exact) mass is 325 g/mol. The highest BCUT2D eigenvalue weighted by atomic mass is 16.6. The lowest BCUT2D eigenvalue weighted by Gasteiger charge is -2.20.